The Labute approximate surface area is 124 Å². The Kier molecular flexibility index (Phi) is 10.3. The molecule has 0 saturated carbocycles. The molecule has 0 aromatic carbocycles. The van der Waals surface area contributed by atoms with Crippen LogP contribution in [0.1, 0.15) is 46.0 Å². The minimum Gasteiger partial charge on any atom is -0.389 e. The molecule has 0 spiro atoms. The van der Waals surface area contributed by atoms with E-state index in [4.69, 9.17) is 4.74 Å². The molecule has 1 rings (SSSR count). The summed E-state index contributed by atoms with van der Waals surface area (Å²) in [6.45, 7) is 10.9. The van der Waals surface area contributed by atoms with Crippen LogP contribution in [0, 0.1) is 5.92 Å². The van der Waals surface area contributed by atoms with Crippen LogP contribution in [0.4, 0.5) is 0 Å². The molecule has 1 saturated heterocycles. The van der Waals surface area contributed by atoms with Crippen molar-refractivity contribution >= 4 is 0 Å². The monoisotopic (exact) mass is 286 g/mol. The smallest absolute Gasteiger partial charge is 0.0900 e. The third kappa shape index (κ3) is 8.20. The van der Waals surface area contributed by atoms with Crippen LogP contribution in [-0.4, -0.2) is 62.0 Å². The largest absolute Gasteiger partial charge is 0.389 e. The molecule has 0 aromatic rings. The highest BCUT2D eigenvalue weighted by Gasteiger charge is 2.18. The summed E-state index contributed by atoms with van der Waals surface area (Å²) in [5, 5.41) is 13.5. The number of hydrogen-bond donors (Lipinski definition) is 2. The van der Waals surface area contributed by atoms with Gasteiger partial charge in [0.2, 0.25) is 0 Å². The molecule has 1 heterocycles. The Morgan fingerprint density at radius 2 is 2.00 bits per heavy atom. The quantitative estimate of drug-likeness (QED) is 0.569. The highest BCUT2D eigenvalue weighted by molar-refractivity contribution is 4.74. The van der Waals surface area contributed by atoms with Gasteiger partial charge in [-0.1, -0.05) is 20.3 Å². The Hall–Kier alpha value is -0.160. The molecular formula is C16H34N2O2. The van der Waals surface area contributed by atoms with Crippen molar-refractivity contribution in [2.75, 3.05) is 45.9 Å². The van der Waals surface area contributed by atoms with Gasteiger partial charge in [0.15, 0.2) is 0 Å². The first-order valence-corrected chi connectivity index (χ1v) is 8.45. The van der Waals surface area contributed by atoms with Crippen LogP contribution in [0.15, 0.2) is 0 Å². The van der Waals surface area contributed by atoms with E-state index in [-0.39, 0.29) is 6.10 Å². The van der Waals surface area contributed by atoms with Gasteiger partial charge in [0.1, 0.15) is 0 Å². The highest BCUT2D eigenvalue weighted by Crippen LogP contribution is 2.14. The molecular weight excluding hydrogens is 252 g/mol. The van der Waals surface area contributed by atoms with Gasteiger partial charge in [-0.3, -0.25) is 0 Å². The van der Waals surface area contributed by atoms with Gasteiger partial charge < -0.3 is 20.1 Å². The lowest BCUT2D eigenvalue weighted by Crippen LogP contribution is -2.41. The van der Waals surface area contributed by atoms with Crippen molar-refractivity contribution in [3.8, 4) is 0 Å². The lowest BCUT2D eigenvalue weighted by molar-refractivity contribution is 0.0124. The molecule has 1 aliphatic rings. The average Bonchev–Trinajstić information content (AvgIpc) is 2.45. The van der Waals surface area contributed by atoms with Crippen molar-refractivity contribution in [3.63, 3.8) is 0 Å². The maximum Gasteiger partial charge on any atom is 0.0900 e. The molecule has 0 aromatic heterocycles. The Morgan fingerprint density at radius 1 is 1.25 bits per heavy atom. The SMILES string of the molecule is CCCCOCC(O)CN(CCC)CC1CCNCC1. The molecule has 0 bridgehead atoms. The summed E-state index contributed by atoms with van der Waals surface area (Å²) in [7, 11) is 0. The summed E-state index contributed by atoms with van der Waals surface area (Å²) in [5.41, 5.74) is 0. The third-order valence-electron chi connectivity index (χ3n) is 3.94. The number of unbranched alkanes of at least 4 members (excludes halogenated alkanes) is 1. The molecule has 0 amide bonds. The topological polar surface area (TPSA) is 44.7 Å². The number of aliphatic hydroxyl groups is 1. The molecule has 120 valence electrons. The van der Waals surface area contributed by atoms with Gasteiger partial charge in [0, 0.05) is 19.7 Å². The van der Waals surface area contributed by atoms with Crippen LogP contribution >= 0.6 is 0 Å². The number of hydrogen-bond acceptors (Lipinski definition) is 4. The Morgan fingerprint density at radius 3 is 2.65 bits per heavy atom. The summed E-state index contributed by atoms with van der Waals surface area (Å²) in [6.07, 6.45) is 5.56. The first-order valence-electron chi connectivity index (χ1n) is 8.45. The zero-order valence-corrected chi connectivity index (χ0v) is 13.4. The van der Waals surface area contributed by atoms with Crippen LogP contribution in [0.5, 0.6) is 0 Å². The van der Waals surface area contributed by atoms with E-state index in [2.05, 4.69) is 24.1 Å². The van der Waals surface area contributed by atoms with Gasteiger partial charge in [-0.25, -0.2) is 0 Å². The van der Waals surface area contributed by atoms with Crippen LogP contribution in [0.3, 0.4) is 0 Å². The van der Waals surface area contributed by atoms with Gasteiger partial charge in [-0.05, 0) is 51.2 Å². The molecule has 1 unspecified atom stereocenters. The van der Waals surface area contributed by atoms with E-state index in [1.54, 1.807) is 0 Å². The van der Waals surface area contributed by atoms with E-state index in [1.165, 1.54) is 12.8 Å². The van der Waals surface area contributed by atoms with Crippen molar-refractivity contribution in [1.29, 1.82) is 0 Å². The van der Waals surface area contributed by atoms with Crippen molar-refractivity contribution < 1.29 is 9.84 Å². The Balaban J connectivity index is 2.22. The molecule has 2 N–H and O–H groups in total. The second kappa shape index (κ2) is 11.5. The average molecular weight is 286 g/mol. The van der Waals surface area contributed by atoms with Crippen molar-refractivity contribution in [2.45, 2.75) is 52.1 Å². The van der Waals surface area contributed by atoms with Crippen LogP contribution < -0.4 is 5.32 Å². The van der Waals surface area contributed by atoms with E-state index < -0.39 is 0 Å². The fourth-order valence-electron chi connectivity index (χ4n) is 2.82. The second-order valence-electron chi connectivity index (χ2n) is 6.04. The summed E-state index contributed by atoms with van der Waals surface area (Å²) in [6, 6.07) is 0. The first kappa shape index (κ1) is 17.9. The zero-order valence-electron chi connectivity index (χ0n) is 13.4. The van der Waals surface area contributed by atoms with Crippen LogP contribution in [-0.2, 0) is 4.74 Å². The number of piperidine rings is 1. The minimum absolute atomic E-state index is 0.347. The molecule has 4 heteroatoms. The van der Waals surface area contributed by atoms with Crippen molar-refractivity contribution in [3.05, 3.63) is 0 Å². The number of nitrogens with one attached hydrogen (secondary N) is 1. The maximum atomic E-state index is 10.1. The van der Waals surface area contributed by atoms with Gasteiger partial charge in [-0.15, -0.1) is 0 Å². The fraction of sp³-hybridized carbons (Fsp3) is 1.00. The Bertz CT molecular complexity index is 221. The maximum absolute atomic E-state index is 10.1. The van der Waals surface area contributed by atoms with E-state index in [1.807, 2.05) is 0 Å². The van der Waals surface area contributed by atoms with Crippen LogP contribution in [0.2, 0.25) is 0 Å². The predicted octanol–water partition coefficient (Wildman–Crippen LogP) is 1.88. The summed E-state index contributed by atoms with van der Waals surface area (Å²) in [4.78, 5) is 2.42. The molecule has 0 radical (unpaired) electrons. The summed E-state index contributed by atoms with van der Waals surface area (Å²) in [5.74, 6) is 0.788. The number of aliphatic hydroxyl groups excluding tert-OH is 1. The second-order valence-corrected chi connectivity index (χ2v) is 6.04. The van der Waals surface area contributed by atoms with Crippen LogP contribution in [0.25, 0.3) is 0 Å². The normalized spacial score (nSPS) is 18.6. The van der Waals surface area contributed by atoms with E-state index >= 15 is 0 Å². The zero-order chi connectivity index (χ0) is 14.6. The fourth-order valence-corrected chi connectivity index (χ4v) is 2.82. The molecule has 1 fully saturated rings. The standard InChI is InChI=1S/C16H34N2O2/c1-3-5-11-20-14-16(19)13-18(10-4-2)12-15-6-8-17-9-7-15/h15-17,19H,3-14H2,1-2H3. The minimum atomic E-state index is -0.347. The van der Waals surface area contributed by atoms with E-state index in [0.717, 1.165) is 64.5 Å². The lowest BCUT2D eigenvalue weighted by atomic mass is 9.97. The first-order chi connectivity index (χ1) is 9.76. The number of nitrogens with zero attached hydrogens (tertiary/aromatic N) is 1. The van der Waals surface area contributed by atoms with Gasteiger partial charge in [-0.2, -0.15) is 0 Å². The van der Waals surface area contributed by atoms with Gasteiger partial charge in [0.25, 0.3) is 0 Å². The molecule has 1 aliphatic heterocycles. The van der Waals surface area contributed by atoms with Crippen molar-refractivity contribution in [2.24, 2.45) is 5.92 Å². The van der Waals surface area contributed by atoms with E-state index in [0.29, 0.717) is 6.61 Å². The molecule has 4 nitrogen and oxygen atoms in total. The molecule has 0 aliphatic carbocycles. The lowest BCUT2D eigenvalue weighted by Gasteiger charge is -2.31. The molecule has 20 heavy (non-hydrogen) atoms. The number of ether oxygens (including phenoxy) is 1. The third-order valence-corrected chi connectivity index (χ3v) is 3.94. The highest BCUT2D eigenvalue weighted by atomic mass is 16.5. The van der Waals surface area contributed by atoms with Gasteiger partial charge in [0.05, 0.1) is 12.7 Å². The predicted molar refractivity (Wildman–Crippen MR) is 84.1 cm³/mol. The molecule has 1 atom stereocenters. The van der Waals surface area contributed by atoms with Gasteiger partial charge >= 0.3 is 0 Å². The number of rotatable bonds is 11. The van der Waals surface area contributed by atoms with E-state index in [9.17, 15) is 5.11 Å². The van der Waals surface area contributed by atoms with Crippen molar-refractivity contribution in [1.82, 2.24) is 10.2 Å². The summed E-state index contributed by atoms with van der Waals surface area (Å²) >= 11 is 0. The summed E-state index contributed by atoms with van der Waals surface area (Å²) < 4.78 is 5.52.